The topological polar surface area (TPSA) is 91.2 Å². The maximum Gasteiger partial charge on any atom is 0.305 e. The molecule has 0 unspecified atom stereocenters. The zero-order valence-electron chi connectivity index (χ0n) is 17.2. The normalized spacial score (nSPS) is 21.6. The Morgan fingerprint density at radius 3 is 2.93 bits per heavy atom. The van der Waals surface area contributed by atoms with Crippen molar-refractivity contribution in [1.82, 2.24) is 19.5 Å². The molecule has 3 heterocycles. The predicted octanol–water partition coefficient (Wildman–Crippen LogP) is 3.84. The Labute approximate surface area is 171 Å². The summed E-state index contributed by atoms with van der Waals surface area (Å²) < 4.78 is 13.5. The van der Waals surface area contributed by atoms with Crippen molar-refractivity contribution >= 4 is 23.0 Å². The SMILES string of the molecule is CCCCCCC(=O)OC[C@@H]1CC[C@H](n2cnc3c(NCC4CC4)ncnc32)O1. The lowest BCUT2D eigenvalue weighted by Crippen LogP contribution is -2.19. The van der Waals surface area contributed by atoms with Gasteiger partial charge in [0.25, 0.3) is 0 Å². The number of carbonyl (C=O) groups excluding carboxylic acids is 1. The summed E-state index contributed by atoms with van der Waals surface area (Å²) in [5.41, 5.74) is 1.55. The van der Waals surface area contributed by atoms with Crippen LogP contribution in [0.3, 0.4) is 0 Å². The molecule has 1 saturated heterocycles. The van der Waals surface area contributed by atoms with Crippen molar-refractivity contribution in [2.24, 2.45) is 5.92 Å². The highest BCUT2D eigenvalue weighted by Crippen LogP contribution is 2.32. The Morgan fingerprint density at radius 1 is 1.21 bits per heavy atom. The van der Waals surface area contributed by atoms with Gasteiger partial charge in [-0.25, -0.2) is 15.0 Å². The fourth-order valence-electron chi connectivity index (χ4n) is 3.72. The molecule has 4 rings (SSSR count). The highest BCUT2D eigenvalue weighted by Gasteiger charge is 2.29. The molecule has 2 aromatic rings. The Hall–Kier alpha value is -2.22. The van der Waals surface area contributed by atoms with E-state index in [0.29, 0.717) is 13.0 Å². The van der Waals surface area contributed by atoms with E-state index in [-0.39, 0.29) is 18.3 Å². The fraction of sp³-hybridized carbons (Fsp3) is 0.714. The molecular weight excluding hydrogens is 370 g/mol. The van der Waals surface area contributed by atoms with E-state index in [1.165, 1.54) is 19.3 Å². The van der Waals surface area contributed by atoms with Crippen molar-refractivity contribution in [3.05, 3.63) is 12.7 Å². The van der Waals surface area contributed by atoms with Crippen molar-refractivity contribution in [1.29, 1.82) is 0 Å². The summed E-state index contributed by atoms with van der Waals surface area (Å²) in [7, 11) is 0. The summed E-state index contributed by atoms with van der Waals surface area (Å²) in [6.45, 7) is 3.41. The molecule has 0 bridgehead atoms. The van der Waals surface area contributed by atoms with Gasteiger partial charge in [-0.05, 0) is 38.0 Å². The average molecular weight is 402 g/mol. The van der Waals surface area contributed by atoms with Crippen LogP contribution in [-0.4, -0.2) is 44.7 Å². The number of hydrogen-bond donors (Lipinski definition) is 1. The number of carbonyl (C=O) groups is 1. The van der Waals surface area contributed by atoms with Crippen LogP contribution in [0, 0.1) is 5.92 Å². The van der Waals surface area contributed by atoms with Gasteiger partial charge < -0.3 is 14.8 Å². The number of aromatic nitrogens is 4. The van der Waals surface area contributed by atoms with Crippen LogP contribution in [0.25, 0.3) is 11.2 Å². The van der Waals surface area contributed by atoms with E-state index in [1.54, 1.807) is 12.7 Å². The van der Waals surface area contributed by atoms with E-state index in [0.717, 1.165) is 61.5 Å². The minimum absolute atomic E-state index is 0.0775. The number of imidazole rings is 1. The quantitative estimate of drug-likeness (QED) is 0.452. The lowest BCUT2D eigenvalue weighted by atomic mass is 10.1. The molecule has 1 N–H and O–H groups in total. The highest BCUT2D eigenvalue weighted by molar-refractivity contribution is 5.82. The Kier molecular flexibility index (Phi) is 6.59. The molecule has 8 heteroatoms. The molecule has 2 aromatic heterocycles. The first-order valence-corrected chi connectivity index (χ1v) is 11.0. The Bertz CT molecular complexity index is 820. The number of esters is 1. The van der Waals surface area contributed by atoms with Crippen molar-refractivity contribution < 1.29 is 14.3 Å². The molecule has 1 aliphatic carbocycles. The molecular formula is C21H31N5O3. The van der Waals surface area contributed by atoms with Crippen LogP contribution in [-0.2, 0) is 14.3 Å². The standard InChI is InChI=1S/C21H31N5O3/c1-2-3-4-5-6-18(27)28-12-16-9-10-17(29-16)26-14-25-19-20(22-11-15-7-8-15)23-13-24-21(19)26/h13-17H,2-12H2,1H3,(H,22,23,24)/t16-,17+/m0/s1. The molecule has 0 aromatic carbocycles. The lowest BCUT2D eigenvalue weighted by molar-refractivity contribution is -0.148. The number of nitrogens with zero attached hydrogens (tertiary/aromatic N) is 4. The summed E-state index contributed by atoms with van der Waals surface area (Å²) in [6, 6.07) is 0. The van der Waals surface area contributed by atoms with Crippen LogP contribution in [0.15, 0.2) is 12.7 Å². The first-order chi connectivity index (χ1) is 14.2. The van der Waals surface area contributed by atoms with Gasteiger partial charge in [0.05, 0.1) is 12.4 Å². The zero-order chi connectivity index (χ0) is 20.1. The minimum atomic E-state index is -0.139. The van der Waals surface area contributed by atoms with Crippen LogP contribution in [0.5, 0.6) is 0 Å². The van der Waals surface area contributed by atoms with Crippen molar-refractivity contribution in [2.45, 2.75) is 77.0 Å². The second-order valence-corrected chi connectivity index (χ2v) is 8.15. The molecule has 8 nitrogen and oxygen atoms in total. The number of anilines is 1. The number of nitrogens with one attached hydrogen (secondary N) is 1. The van der Waals surface area contributed by atoms with E-state index in [4.69, 9.17) is 9.47 Å². The molecule has 2 fully saturated rings. The van der Waals surface area contributed by atoms with Crippen molar-refractivity contribution in [2.75, 3.05) is 18.5 Å². The van der Waals surface area contributed by atoms with Crippen molar-refractivity contribution in [3.8, 4) is 0 Å². The third-order valence-corrected chi connectivity index (χ3v) is 5.67. The first-order valence-electron chi connectivity index (χ1n) is 11.0. The summed E-state index contributed by atoms with van der Waals surface area (Å²) in [4.78, 5) is 25.2. The first kappa shape index (κ1) is 20.1. The number of unbranched alkanes of at least 4 members (excludes halogenated alkanes) is 3. The lowest BCUT2D eigenvalue weighted by Gasteiger charge is -2.15. The Balaban J connectivity index is 1.29. The molecule has 0 amide bonds. The maximum absolute atomic E-state index is 11.9. The molecule has 0 radical (unpaired) electrons. The highest BCUT2D eigenvalue weighted by atomic mass is 16.6. The second-order valence-electron chi connectivity index (χ2n) is 8.15. The van der Waals surface area contributed by atoms with Crippen LogP contribution in [0.1, 0.15) is 70.9 Å². The van der Waals surface area contributed by atoms with Gasteiger partial charge in [0.2, 0.25) is 0 Å². The van der Waals surface area contributed by atoms with Crippen LogP contribution < -0.4 is 5.32 Å². The van der Waals surface area contributed by atoms with Gasteiger partial charge in [0.1, 0.15) is 19.2 Å². The summed E-state index contributed by atoms with van der Waals surface area (Å²) in [5.74, 6) is 1.42. The smallest absolute Gasteiger partial charge is 0.305 e. The van der Waals surface area contributed by atoms with Crippen LogP contribution >= 0.6 is 0 Å². The number of hydrogen-bond acceptors (Lipinski definition) is 7. The minimum Gasteiger partial charge on any atom is -0.463 e. The van der Waals surface area contributed by atoms with E-state index in [1.807, 2.05) is 4.57 Å². The molecule has 1 saturated carbocycles. The van der Waals surface area contributed by atoms with Gasteiger partial charge in [-0.15, -0.1) is 0 Å². The zero-order valence-corrected chi connectivity index (χ0v) is 17.2. The van der Waals surface area contributed by atoms with Gasteiger partial charge in [0.15, 0.2) is 17.0 Å². The van der Waals surface area contributed by atoms with Crippen LogP contribution in [0.2, 0.25) is 0 Å². The number of ether oxygens (including phenoxy) is 2. The predicted molar refractivity (Wildman–Crippen MR) is 109 cm³/mol. The summed E-state index contributed by atoms with van der Waals surface area (Å²) in [5, 5.41) is 3.39. The third kappa shape index (κ3) is 5.23. The van der Waals surface area contributed by atoms with Gasteiger partial charge in [-0.2, -0.15) is 0 Å². The van der Waals surface area contributed by atoms with Gasteiger partial charge in [-0.1, -0.05) is 26.2 Å². The van der Waals surface area contributed by atoms with Gasteiger partial charge in [0, 0.05) is 13.0 Å². The molecule has 29 heavy (non-hydrogen) atoms. The van der Waals surface area contributed by atoms with Gasteiger partial charge in [-0.3, -0.25) is 9.36 Å². The fourth-order valence-corrected chi connectivity index (χ4v) is 3.72. The van der Waals surface area contributed by atoms with Gasteiger partial charge >= 0.3 is 5.97 Å². The number of rotatable bonds is 11. The van der Waals surface area contributed by atoms with E-state index >= 15 is 0 Å². The Morgan fingerprint density at radius 2 is 2.10 bits per heavy atom. The molecule has 2 atom stereocenters. The molecule has 0 spiro atoms. The maximum atomic E-state index is 11.9. The van der Waals surface area contributed by atoms with Crippen LogP contribution in [0.4, 0.5) is 5.82 Å². The monoisotopic (exact) mass is 401 g/mol. The largest absolute Gasteiger partial charge is 0.463 e. The van der Waals surface area contributed by atoms with E-state index in [9.17, 15) is 4.79 Å². The second kappa shape index (κ2) is 9.52. The van der Waals surface area contributed by atoms with Crippen molar-refractivity contribution in [3.63, 3.8) is 0 Å². The van der Waals surface area contributed by atoms with E-state index < -0.39 is 0 Å². The third-order valence-electron chi connectivity index (χ3n) is 5.67. The average Bonchev–Trinajstić information content (AvgIpc) is 3.27. The molecule has 1 aliphatic heterocycles. The summed E-state index contributed by atoms with van der Waals surface area (Å²) in [6.07, 6.45) is 12.2. The van der Waals surface area contributed by atoms with E-state index in [2.05, 4.69) is 27.2 Å². The number of fused-ring (bicyclic) bond motifs is 1. The summed E-state index contributed by atoms with van der Waals surface area (Å²) >= 11 is 0. The molecule has 2 aliphatic rings. The molecule has 158 valence electrons.